The number of nitrogens with zero attached hydrogens (tertiary/aromatic N) is 2. The first kappa shape index (κ1) is 8.52. The molecule has 0 aliphatic heterocycles. The first-order valence-electron chi connectivity index (χ1n) is 2.90. The van der Waals surface area contributed by atoms with Gasteiger partial charge in [-0.25, -0.2) is 0 Å². The summed E-state index contributed by atoms with van der Waals surface area (Å²) in [4.78, 5) is 0. The Morgan fingerprint density at radius 1 is 1.70 bits per heavy atom. The summed E-state index contributed by atoms with van der Waals surface area (Å²) in [6, 6.07) is 0. The largest absolute Gasteiger partial charge is 0.270 e. The van der Waals surface area contributed by atoms with Crippen LogP contribution in [0.1, 0.15) is 11.4 Å². The van der Waals surface area contributed by atoms with Crippen LogP contribution in [-0.2, 0) is 12.4 Å². The number of halogens is 2. The van der Waals surface area contributed by atoms with Gasteiger partial charge in [0.15, 0.2) is 0 Å². The van der Waals surface area contributed by atoms with Crippen molar-refractivity contribution in [2.24, 2.45) is 7.05 Å². The predicted octanol–water partition coefficient (Wildman–Crippen LogP) is 2.23. The second kappa shape index (κ2) is 3.21. The van der Waals surface area contributed by atoms with E-state index in [9.17, 15) is 0 Å². The SMILES string of the molecule is Cc1nn(C)c(CBr)c1I. The Bertz CT molecular complexity index is 244. The molecule has 0 unspecified atom stereocenters. The number of aromatic nitrogens is 2. The van der Waals surface area contributed by atoms with Crippen molar-refractivity contribution in [3.05, 3.63) is 15.0 Å². The van der Waals surface area contributed by atoms with Gasteiger partial charge < -0.3 is 0 Å². The molecule has 0 fully saturated rings. The molecule has 1 aromatic rings. The Labute approximate surface area is 82.3 Å². The zero-order valence-corrected chi connectivity index (χ0v) is 9.60. The van der Waals surface area contributed by atoms with Crippen LogP contribution in [0.15, 0.2) is 0 Å². The maximum atomic E-state index is 4.26. The molecule has 56 valence electrons. The first-order valence-corrected chi connectivity index (χ1v) is 5.10. The molecular formula is C6H8BrIN2. The summed E-state index contributed by atoms with van der Waals surface area (Å²) < 4.78 is 3.17. The van der Waals surface area contributed by atoms with Crippen molar-refractivity contribution in [3.63, 3.8) is 0 Å². The number of aryl methyl sites for hydroxylation is 2. The van der Waals surface area contributed by atoms with E-state index < -0.39 is 0 Å². The van der Waals surface area contributed by atoms with Gasteiger partial charge in [-0.3, -0.25) is 4.68 Å². The molecule has 2 nitrogen and oxygen atoms in total. The minimum atomic E-state index is 0.878. The minimum Gasteiger partial charge on any atom is -0.270 e. The molecule has 1 aromatic heterocycles. The van der Waals surface area contributed by atoms with Crippen LogP contribution in [0.5, 0.6) is 0 Å². The monoisotopic (exact) mass is 314 g/mol. The van der Waals surface area contributed by atoms with E-state index in [1.807, 2.05) is 18.7 Å². The molecule has 0 saturated heterocycles. The summed E-state index contributed by atoms with van der Waals surface area (Å²) in [6.07, 6.45) is 0. The molecule has 0 saturated carbocycles. The molecular weight excluding hydrogens is 307 g/mol. The summed E-state index contributed by atoms with van der Waals surface area (Å²) in [5.41, 5.74) is 2.36. The zero-order valence-electron chi connectivity index (χ0n) is 5.86. The van der Waals surface area contributed by atoms with Crippen molar-refractivity contribution in [2.75, 3.05) is 0 Å². The molecule has 0 atom stereocenters. The number of hydrogen-bond acceptors (Lipinski definition) is 1. The molecule has 0 radical (unpaired) electrons. The Balaban J connectivity index is 3.20. The summed E-state index contributed by atoms with van der Waals surface area (Å²) in [7, 11) is 1.96. The quantitative estimate of drug-likeness (QED) is 0.574. The molecule has 10 heavy (non-hydrogen) atoms. The van der Waals surface area contributed by atoms with E-state index in [4.69, 9.17) is 0 Å². The lowest BCUT2D eigenvalue weighted by atomic mass is 10.4. The van der Waals surface area contributed by atoms with Crippen LogP contribution in [0.25, 0.3) is 0 Å². The van der Waals surface area contributed by atoms with Crippen molar-refractivity contribution in [2.45, 2.75) is 12.3 Å². The van der Waals surface area contributed by atoms with Crippen molar-refractivity contribution < 1.29 is 0 Å². The summed E-state index contributed by atoms with van der Waals surface area (Å²) in [6.45, 7) is 2.02. The van der Waals surface area contributed by atoms with Crippen LogP contribution in [0.2, 0.25) is 0 Å². The van der Waals surface area contributed by atoms with Gasteiger partial charge in [0.05, 0.1) is 15.0 Å². The third-order valence-electron chi connectivity index (χ3n) is 1.39. The topological polar surface area (TPSA) is 17.8 Å². The van der Waals surface area contributed by atoms with Gasteiger partial charge >= 0.3 is 0 Å². The lowest BCUT2D eigenvalue weighted by molar-refractivity contribution is 0.728. The average Bonchev–Trinajstić information content (AvgIpc) is 2.09. The highest BCUT2D eigenvalue weighted by molar-refractivity contribution is 14.1. The highest BCUT2D eigenvalue weighted by Crippen LogP contribution is 2.17. The van der Waals surface area contributed by atoms with Crippen LogP contribution in [-0.4, -0.2) is 9.78 Å². The Kier molecular flexibility index (Phi) is 2.74. The maximum Gasteiger partial charge on any atom is 0.0730 e. The van der Waals surface area contributed by atoms with Gasteiger partial charge in [0.25, 0.3) is 0 Å². The Hall–Kier alpha value is 0.420. The summed E-state index contributed by atoms with van der Waals surface area (Å²) >= 11 is 5.72. The maximum absolute atomic E-state index is 4.26. The third kappa shape index (κ3) is 1.37. The molecule has 0 amide bonds. The fourth-order valence-electron chi connectivity index (χ4n) is 0.825. The summed E-state index contributed by atoms with van der Waals surface area (Å²) in [5, 5.41) is 5.14. The van der Waals surface area contributed by atoms with Crippen LogP contribution in [0, 0.1) is 10.5 Å². The minimum absolute atomic E-state index is 0.878. The lowest BCUT2D eigenvalue weighted by Gasteiger charge is -1.94. The Morgan fingerprint density at radius 3 is 2.50 bits per heavy atom. The van der Waals surface area contributed by atoms with E-state index in [1.165, 1.54) is 9.26 Å². The lowest BCUT2D eigenvalue weighted by Crippen LogP contribution is -1.95. The van der Waals surface area contributed by atoms with Gasteiger partial charge in [-0.1, -0.05) is 15.9 Å². The zero-order chi connectivity index (χ0) is 7.72. The van der Waals surface area contributed by atoms with E-state index in [0.717, 1.165) is 11.0 Å². The molecule has 0 bridgehead atoms. The normalized spacial score (nSPS) is 10.4. The molecule has 0 spiro atoms. The van der Waals surface area contributed by atoms with E-state index in [2.05, 4.69) is 43.6 Å². The molecule has 1 rings (SSSR count). The average molecular weight is 315 g/mol. The molecule has 0 aliphatic rings. The van der Waals surface area contributed by atoms with E-state index in [1.54, 1.807) is 0 Å². The highest BCUT2D eigenvalue weighted by atomic mass is 127. The fraction of sp³-hybridized carbons (Fsp3) is 0.500. The van der Waals surface area contributed by atoms with Crippen LogP contribution >= 0.6 is 38.5 Å². The van der Waals surface area contributed by atoms with E-state index >= 15 is 0 Å². The van der Waals surface area contributed by atoms with Crippen LogP contribution in [0.3, 0.4) is 0 Å². The first-order chi connectivity index (χ1) is 4.66. The molecule has 4 heteroatoms. The Morgan fingerprint density at radius 2 is 2.30 bits per heavy atom. The van der Waals surface area contributed by atoms with Crippen molar-refractivity contribution in [1.82, 2.24) is 9.78 Å². The number of rotatable bonds is 1. The second-order valence-electron chi connectivity index (χ2n) is 2.10. The molecule has 0 N–H and O–H groups in total. The number of alkyl halides is 1. The van der Waals surface area contributed by atoms with Gasteiger partial charge in [-0.05, 0) is 29.5 Å². The van der Waals surface area contributed by atoms with Gasteiger partial charge in [0.1, 0.15) is 0 Å². The number of hydrogen-bond donors (Lipinski definition) is 0. The van der Waals surface area contributed by atoms with Crippen LogP contribution in [0.4, 0.5) is 0 Å². The highest BCUT2D eigenvalue weighted by Gasteiger charge is 2.07. The van der Waals surface area contributed by atoms with Crippen molar-refractivity contribution >= 4 is 38.5 Å². The predicted molar refractivity (Wildman–Crippen MR) is 53.3 cm³/mol. The van der Waals surface area contributed by atoms with Gasteiger partial charge in [-0.2, -0.15) is 5.10 Å². The fourth-order valence-corrected chi connectivity index (χ4v) is 2.64. The standard InChI is InChI=1S/C6H8BrIN2/c1-4-6(8)5(3-7)10(2)9-4/h3H2,1-2H3. The summed E-state index contributed by atoms with van der Waals surface area (Å²) in [5.74, 6) is 0. The van der Waals surface area contributed by atoms with E-state index in [0.29, 0.717) is 0 Å². The van der Waals surface area contributed by atoms with Gasteiger partial charge in [0, 0.05) is 12.4 Å². The van der Waals surface area contributed by atoms with Gasteiger partial charge in [-0.15, -0.1) is 0 Å². The molecule has 0 aromatic carbocycles. The van der Waals surface area contributed by atoms with Gasteiger partial charge in [0.2, 0.25) is 0 Å². The molecule has 1 heterocycles. The smallest absolute Gasteiger partial charge is 0.0730 e. The molecule has 0 aliphatic carbocycles. The van der Waals surface area contributed by atoms with Crippen molar-refractivity contribution in [3.8, 4) is 0 Å². The van der Waals surface area contributed by atoms with E-state index in [-0.39, 0.29) is 0 Å². The van der Waals surface area contributed by atoms with Crippen LogP contribution < -0.4 is 0 Å². The third-order valence-corrected chi connectivity index (χ3v) is 3.32. The second-order valence-corrected chi connectivity index (χ2v) is 3.74. The van der Waals surface area contributed by atoms with Crippen molar-refractivity contribution in [1.29, 1.82) is 0 Å².